The van der Waals surface area contributed by atoms with Gasteiger partial charge in [0.05, 0.1) is 0 Å². The lowest BCUT2D eigenvalue weighted by molar-refractivity contribution is -0.742. The Morgan fingerprint density at radius 1 is 1.06 bits per heavy atom. The molecule has 1 amide bonds. The van der Waals surface area contributed by atoms with E-state index in [1.165, 1.54) is 5.56 Å². The van der Waals surface area contributed by atoms with Crippen LogP contribution in [0.25, 0.3) is 0 Å². The van der Waals surface area contributed by atoms with Gasteiger partial charge in [-0.2, -0.15) is 4.99 Å². The summed E-state index contributed by atoms with van der Waals surface area (Å²) in [6, 6.07) is 14.7. The van der Waals surface area contributed by atoms with E-state index in [-0.39, 0.29) is 5.91 Å². The molecule has 7 heteroatoms. The van der Waals surface area contributed by atoms with Gasteiger partial charge in [-0.25, -0.2) is 4.90 Å². The minimum absolute atomic E-state index is 0.191. The Bertz CT molecular complexity index is 1230. The van der Waals surface area contributed by atoms with Crippen LogP contribution in [0.15, 0.2) is 71.6 Å². The molecule has 1 atom stereocenters. The monoisotopic (exact) mass is 485 g/mol. The smallest absolute Gasteiger partial charge is 0.303 e. The second kappa shape index (κ2) is 10.1. The first-order chi connectivity index (χ1) is 17.4. The van der Waals surface area contributed by atoms with Crippen molar-refractivity contribution in [2.75, 3.05) is 16.9 Å². The normalized spacial score (nSPS) is 23.1. The molecule has 1 aliphatic carbocycles. The van der Waals surface area contributed by atoms with Crippen molar-refractivity contribution < 1.29 is 19.6 Å². The van der Waals surface area contributed by atoms with Gasteiger partial charge in [0.1, 0.15) is 6.20 Å². The molecule has 1 saturated carbocycles. The largest absolute Gasteiger partial charge is 0.481 e. The number of benzene rings is 2. The maximum atomic E-state index is 12.9. The number of nitrogens with zero attached hydrogens (tertiary/aromatic N) is 2. The molecular weight excluding hydrogens is 452 g/mol. The Kier molecular flexibility index (Phi) is 6.74. The topological polar surface area (TPSA) is 86.4 Å². The minimum Gasteiger partial charge on any atom is -0.481 e. The molecule has 186 valence electrons. The zero-order valence-electron chi connectivity index (χ0n) is 20.8. The Hall–Kier alpha value is -3.71. The van der Waals surface area contributed by atoms with E-state index >= 15 is 0 Å². The number of fused-ring (bicyclic) bond motifs is 1. The van der Waals surface area contributed by atoms with Gasteiger partial charge in [-0.05, 0) is 80.2 Å². The van der Waals surface area contributed by atoms with Crippen LogP contribution in [-0.2, 0) is 9.59 Å². The Morgan fingerprint density at radius 2 is 1.75 bits per heavy atom. The number of quaternary nitrogens is 1. The molecule has 0 radical (unpaired) electrons. The average molecular weight is 486 g/mol. The van der Waals surface area contributed by atoms with Gasteiger partial charge in [0.25, 0.3) is 5.91 Å². The summed E-state index contributed by atoms with van der Waals surface area (Å²) in [4.78, 5) is 31.7. The molecule has 0 saturated heterocycles. The van der Waals surface area contributed by atoms with Crippen LogP contribution in [0.3, 0.4) is 0 Å². The quantitative estimate of drug-likeness (QED) is 0.575. The van der Waals surface area contributed by atoms with Gasteiger partial charge < -0.3 is 10.4 Å². The zero-order valence-corrected chi connectivity index (χ0v) is 20.8. The van der Waals surface area contributed by atoms with E-state index in [0.717, 1.165) is 58.9 Å². The predicted molar refractivity (Wildman–Crippen MR) is 141 cm³/mol. The number of rotatable bonds is 6. The van der Waals surface area contributed by atoms with Crippen LogP contribution < -0.4 is 15.1 Å². The maximum absolute atomic E-state index is 12.9. The summed E-state index contributed by atoms with van der Waals surface area (Å²) in [7, 11) is 0. The van der Waals surface area contributed by atoms with Crippen LogP contribution in [0.4, 0.5) is 11.4 Å². The molecule has 1 unspecified atom stereocenters. The Balaban J connectivity index is 1.21. The number of carboxylic acid groups (broad SMARTS) is 1. The number of para-hydroxylation sites is 1. The van der Waals surface area contributed by atoms with E-state index < -0.39 is 5.97 Å². The van der Waals surface area contributed by atoms with Crippen LogP contribution in [0.2, 0.25) is 0 Å². The van der Waals surface area contributed by atoms with E-state index in [1.54, 1.807) is 0 Å². The van der Waals surface area contributed by atoms with Crippen molar-refractivity contribution in [3.8, 4) is 0 Å². The number of carbonyl (C=O) groups is 2. The molecule has 7 nitrogen and oxygen atoms in total. The van der Waals surface area contributed by atoms with Crippen LogP contribution in [0.1, 0.15) is 54.7 Å². The fourth-order valence-corrected chi connectivity index (χ4v) is 5.51. The second-order valence-corrected chi connectivity index (χ2v) is 10.1. The molecule has 2 aromatic rings. The lowest BCUT2D eigenvalue weighted by atomic mass is 9.77. The first-order valence-corrected chi connectivity index (χ1v) is 12.7. The number of hydrogen-bond donors (Lipinski definition) is 3. The molecule has 5 rings (SSSR count). The Morgan fingerprint density at radius 3 is 2.42 bits per heavy atom. The van der Waals surface area contributed by atoms with Crippen molar-refractivity contribution in [3.05, 3.63) is 83.3 Å². The number of carbonyl (C=O) groups excluding carboxylic acids is 1. The summed E-state index contributed by atoms with van der Waals surface area (Å²) in [5.41, 5.74) is 5.77. The highest BCUT2D eigenvalue weighted by Crippen LogP contribution is 2.37. The third kappa shape index (κ3) is 5.11. The van der Waals surface area contributed by atoms with E-state index in [4.69, 9.17) is 5.11 Å². The highest BCUT2D eigenvalue weighted by molar-refractivity contribution is 6.07. The van der Waals surface area contributed by atoms with Crippen LogP contribution in [0, 0.1) is 19.8 Å². The van der Waals surface area contributed by atoms with Crippen LogP contribution in [0.5, 0.6) is 0 Å². The molecule has 1 fully saturated rings. The number of amides is 1. The summed E-state index contributed by atoms with van der Waals surface area (Å²) in [5, 5.41) is 12.1. The van der Waals surface area contributed by atoms with Crippen LogP contribution in [-0.4, -0.2) is 29.5 Å². The van der Waals surface area contributed by atoms with Gasteiger partial charge in [-0.1, -0.05) is 30.3 Å². The number of amidine groups is 1. The predicted octanol–water partition coefficient (Wildman–Crippen LogP) is 4.12. The van der Waals surface area contributed by atoms with Gasteiger partial charge in [-0.15, -0.1) is 0 Å². The van der Waals surface area contributed by atoms with E-state index in [0.29, 0.717) is 30.6 Å². The molecule has 2 aromatic carbocycles. The molecule has 3 N–H and O–H groups in total. The minimum atomic E-state index is -0.685. The van der Waals surface area contributed by atoms with Gasteiger partial charge in [0, 0.05) is 30.1 Å². The summed E-state index contributed by atoms with van der Waals surface area (Å²) in [6.45, 7) is 4.64. The summed E-state index contributed by atoms with van der Waals surface area (Å²) >= 11 is 0. The lowest BCUT2D eigenvalue weighted by Crippen LogP contribution is -3.11. The first-order valence-electron chi connectivity index (χ1n) is 12.7. The van der Waals surface area contributed by atoms with Gasteiger partial charge in [-0.3, -0.25) is 14.5 Å². The highest BCUT2D eigenvalue weighted by Gasteiger charge is 2.31. The second-order valence-electron chi connectivity index (χ2n) is 10.1. The van der Waals surface area contributed by atoms with Gasteiger partial charge in [0.15, 0.2) is 12.4 Å². The number of aliphatic imine (C=N–C) groups is 1. The third-order valence-corrected chi connectivity index (χ3v) is 7.59. The van der Waals surface area contributed by atoms with Crippen molar-refractivity contribution in [2.45, 2.75) is 51.9 Å². The van der Waals surface area contributed by atoms with E-state index in [1.807, 2.05) is 50.5 Å². The maximum Gasteiger partial charge on any atom is 0.303 e. The van der Waals surface area contributed by atoms with E-state index in [2.05, 4.69) is 39.5 Å². The average Bonchev–Trinajstić information content (AvgIpc) is 3.30. The standard InChI is InChI=1S/C29H32N4O3/c1-19-4-3-5-20(2)28(19)31-29(36)25-17-33-18-32(15-14-26(33)30-25)24-12-10-23(11-13-24)22-8-6-21(7-9-22)16-27(34)35/h3-5,10-15,17,21-22H,6-9,16,18H2,1-2H3,(H,31,36)(H,34,35)/p+1. The van der Waals surface area contributed by atoms with Crippen molar-refractivity contribution in [1.29, 1.82) is 0 Å². The number of carboxylic acids is 1. The number of anilines is 2. The molecule has 3 aliphatic rings. The molecule has 36 heavy (non-hydrogen) atoms. The number of aliphatic carboxylic acids is 1. The summed E-state index contributed by atoms with van der Waals surface area (Å²) in [5.74, 6) is 0.785. The zero-order chi connectivity index (χ0) is 25.2. The number of hydrogen-bond acceptors (Lipinski definition) is 4. The summed E-state index contributed by atoms with van der Waals surface area (Å²) < 4.78 is 0. The van der Waals surface area contributed by atoms with Gasteiger partial charge in [0.2, 0.25) is 5.84 Å². The van der Waals surface area contributed by atoms with Crippen molar-refractivity contribution in [1.82, 2.24) is 0 Å². The molecule has 2 aliphatic heterocycles. The highest BCUT2D eigenvalue weighted by atomic mass is 16.4. The Labute approximate surface area is 211 Å². The molecule has 0 aromatic heterocycles. The molecule has 0 bridgehead atoms. The molecule has 0 spiro atoms. The van der Waals surface area contributed by atoms with E-state index in [9.17, 15) is 9.59 Å². The van der Waals surface area contributed by atoms with Crippen molar-refractivity contribution in [2.24, 2.45) is 10.9 Å². The van der Waals surface area contributed by atoms with Gasteiger partial charge >= 0.3 is 5.97 Å². The fourth-order valence-electron chi connectivity index (χ4n) is 5.51. The van der Waals surface area contributed by atoms with Crippen molar-refractivity contribution in [3.63, 3.8) is 0 Å². The first kappa shape index (κ1) is 24.0. The lowest BCUT2D eigenvalue weighted by Gasteiger charge is -2.29. The fraction of sp³-hybridized carbons (Fsp3) is 0.345. The van der Waals surface area contributed by atoms with Crippen LogP contribution >= 0.6 is 0 Å². The molecular formula is C29H33N4O3+. The van der Waals surface area contributed by atoms with Crippen molar-refractivity contribution >= 4 is 29.1 Å². The third-order valence-electron chi connectivity index (χ3n) is 7.59. The molecule has 2 heterocycles. The number of aryl methyl sites for hydroxylation is 2. The number of nitrogens with one attached hydrogen (secondary N) is 2. The SMILES string of the molecule is Cc1cccc(C)c1NC(=O)C1=C[NH+]2CN(c3ccc(C4CCC(CC(=O)O)CC4)cc3)C=CC2=N1. The summed E-state index contributed by atoms with van der Waals surface area (Å²) in [6.07, 6.45) is 10.2.